The minimum atomic E-state index is -0.865. The summed E-state index contributed by atoms with van der Waals surface area (Å²) >= 11 is 0. The molecule has 0 spiro atoms. The number of carbonyl (C=O) groups is 1. The number of rotatable bonds is 5. The van der Waals surface area contributed by atoms with Crippen LogP contribution in [0.1, 0.15) is 15.9 Å². The van der Waals surface area contributed by atoms with Crippen LogP contribution in [0.2, 0.25) is 0 Å². The van der Waals surface area contributed by atoms with E-state index in [9.17, 15) is 13.6 Å². The second-order valence-corrected chi connectivity index (χ2v) is 5.91. The molecule has 0 atom stereocenters. The zero-order chi connectivity index (χ0) is 19.5. The van der Waals surface area contributed by atoms with Crippen LogP contribution in [-0.4, -0.2) is 22.7 Å². The molecule has 7 nitrogen and oxygen atoms in total. The predicted octanol–water partition coefficient (Wildman–Crippen LogP) is 3.35. The van der Waals surface area contributed by atoms with Crippen molar-refractivity contribution in [2.24, 2.45) is 0 Å². The number of amides is 1. The number of nitrogens with one attached hydrogen (secondary N) is 2. The number of carbonyl (C=O) groups excluding carboxylic acids is 1. The Bertz CT molecular complexity index is 1030. The van der Waals surface area contributed by atoms with Crippen LogP contribution in [-0.2, 0) is 6.54 Å². The Kier molecular flexibility index (Phi) is 4.71. The number of aromatic nitrogens is 2. The van der Waals surface area contributed by atoms with Crippen LogP contribution in [0, 0.1) is 11.6 Å². The molecule has 0 radical (unpaired) electrons. The first-order valence-electron chi connectivity index (χ1n) is 8.29. The molecule has 9 heteroatoms. The zero-order valence-corrected chi connectivity index (χ0v) is 14.4. The maximum atomic E-state index is 13.6. The largest absolute Gasteiger partial charge is 0.454 e. The second kappa shape index (κ2) is 7.47. The van der Waals surface area contributed by atoms with Crippen LogP contribution < -0.4 is 20.1 Å². The van der Waals surface area contributed by atoms with Crippen molar-refractivity contribution in [3.8, 4) is 11.5 Å². The van der Waals surface area contributed by atoms with E-state index in [1.807, 2.05) is 18.2 Å². The molecule has 2 aromatic carbocycles. The maximum absolute atomic E-state index is 13.6. The van der Waals surface area contributed by atoms with Gasteiger partial charge in [-0.15, -0.1) is 0 Å². The molecule has 0 fully saturated rings. The summed E-state index contributed by atoms with van der Waals surface area (Å²) in [7, 11) is 0. The summed E-state index contributed by atoms with van der Waals surface area (Å²) in [5.74, 6) is -0.490. The third-order valence-electron chi connectivity index (χ3n) is 3.98. The van der Waals surface area contributed by atoms with Crippen LogP contribution in [0.3, 0.4) is 0 Å². The fourth-order valence-corrected chi connectivity index (χ4v) is 2.55. The van der Waals surface area contributed by atoms with E-state index in [0.717, 1.165) is 17.7 Å². The highest BCUT2D eigenvalue weighted by molar-refractivity contribution is 6.03. The molecule has 142 valence electrons. The lowest BCUT2D eigenvalue weighted by Gasteiger charge is -2.08. The van der Waals surface area contributed by atoms with E-state index in [1.165, 1.54) is 12.4 Å². The van der Waals surface area contributed by atoms with E-state index in [0.29, 0.717) is 30.1 Å². The van der Waals surface area contributed by atoms with Gasteiger partial charge in [-0.2, -0.15) is 0 Å². The van der Waals surface area contributed by atoms with E-state index in [1.54, 1.807) is 0 Å². The van der Waals surface area contributed by atoms with Gasteiger partial charge in [-0.3, -0.25) is 4.79 Å². The van der Waals surface area contributed by atoms with E-state index in [4.69, 9.17) is 9.47 Å². The number of hydrogen-bond donors (Lipinski definition) is 2. The topological polar surface area (TPSA) is 85.4 Å². The van der Waals surface area contributed by atoms with Gasteiger partial charge in [0.15, 0.2) is 11.5 Å². The molecule has 3 aromatic rings. The molecule has 4 rings (SSSR count). The lowest BCUT2D eigenvalue weighted by Crippen LogP contribution is -2.14. The molecule has 0 bridgehead atoms. The minimum Gasteiger partial charge on any atom is -0.454 e. The minimum absolute atomic E-state index is 0.128. The van der Waals surface area contributed by atoms with Gasteiger partial charge in [-0.05, 0) is 29.8 Å². The van der Waals surface area contributed by atoms with Crippen LogP contribution in [0.25, 0.3) is 0 Å². The SMILES string of the molecule is O=C(Nc1ccc(F)cc1F)c1cnc(NCc2ccc3c(c2)OCO3)nc1. The Morgan fingerprint density at radius 1 is 1.04 bits per heavy atom. The number of anilines is 2. The Labute approximate surface area is 158 Å². The quantitative estimate of drug-likeness (QED) is 0.702. The molecule has 0 saturated carbocycles. The van der Waals surface area contributed by atoms with E-state index < -0.39 is 17.5 Å². The number of ether oxygens (including phenoxy) is 2. The average Bonchev–Trinajstić information content (AvgIpc) is 3.17. The van der Waals surface area contributed by atoms with Gasteiger partial charge in [0.2, 0.25) is 12.7 Å². The molecule has 0 saturated heterocycles. The Morgan fingerprint density at radius 2 is 1.82 bits per heavy atom. The lowest BCUT2D eigenvalue weighted by molar-refractivity contribution is 0.102. The summed E-state index contributed by atoms with van der Waals surface area (Å²) in [5.41, 5.74) is 0.954. The number of fused-ring (bicyclic) bond motifs is 1. The summed E-state index contributed by atoms with van der Waals surface area (Å²) in [5, 5.41) is 5.38. The Morgan fingerprint density at radius 3 is 2.61 bits per heavy atom. The summed E-state index contributed by atoms with van der Waals surface area (Å²) < 4.78 is 37.1. The lowest BCUT2D eigenvalue weighted by atomic mass is 10.2. The summed E-state index contributed by atoms with van der Waals surface area (Å²) in [6.07, 6.45) is 2.62. The fraction of sp³-hybridized carbons (Fsp3) is 0.105. The molecule has 1 amide bonds. The highest BCUT2D eigenvalue weighted by Crippen LogP contribution is 2.32. The van der Waals surface area contributed by atoms with Crippen LogP contribution in [0.5, 0.6) is 11.5 Å². The molecule has 1 aliphatic rings. The van der Waals surface area contributed by atoms with Crippen molar-refractivity contribution < 1.29 is 23.0 Å². The number of halogens is 2. The van der Waals surface area contributed by atoms with Gasteiger partial charge in [0, 0.05) is 25.0 Å². The molecule has 2 heterocycles. The third-order valence-corrected chi connectivity index (χ3v) is 3.98. The van der Waals surface area contributed by atoms with E-state index in [-0.39, 0.29) is 18.0 Å². The fourth-order valence-electron chi connectivity index (χ4n) is 2.55. The van der Waals surface area contributed by atoms with Crippen molar-refractivity contribution >= 4 is 17.5 Å². The van der Waals surface area contributed by atoms with Crippen molar-refractivity contribution in [1.29, 1.82) is 0 Å². The molecule has 1 aromatic heterocycles. The van der Waals surface area contributed by atoms with Crippen LogP contribution >= 0.6 is 0 Å². The van der Waals surface area contributed by atoms with Gasteiger partial charge in [-0.25, -0.2) is 18.7 Å². The van der Waals surface area contributed by atoms with Gasteiger partial charge in [0.05, 0.1) is 11.3 Å². The standard InChI is InChI=1S/C19H14F2N4O3/c20-13-2-3-15(14(21)6-13)25-18(26)12-8-23-19(24-9-12)22-7-11-1-4-16-17(5-11)28-10-27-16/h1-6,8-9H,7,10H2,(H,25,26)(H,22,23,24). The van der Waals surface area contributed by atoms with Crippen molar-refractivity contribution in [3.05, 3.63) is 71.6 Å². The second-order valence-electron chi connectivity index (χ2n) is 5.91. The molecular weight excluding hydrogens is 370 g/mol. The molecule has 0 aliphatic carbocycles. The van der Waals surface area contributed by atoms with Crippen molar-refractivity contribution in [3.63, 3.8) is 0 Å². The first-order chi connectivity index (χ1) is 13.6. The van der Waals surface area contributed by atoms with Gasteiger partial charge in [0.1, 0.15) is 11.6 Å². The predicted molar refractivity (Wildman–Crippen MR) is 96.2 cm³/mol. The zero-order valence-electron chi connectivity index (χ0n) is 14.4. The first kappa shape index (κ1) is 17.7. The Hall–Kier alpha value is -3.75. The van der Waals surface area contributed by atoms with Crippen molar-refractivity contribution in [2.45, 2.75) is 6.54 Å². The summed E-state index contributed by atoms with van der Waals surface area (Å²) in [6, 6.07) is 8.45. The Balaban J connectivity index is 1.37. The molecule has 0 unspecified atom stereocenters. The molecule has 1 aliphatic heterocycles. The monoisotopic (exact) mass is 384 g/mol. The smallest absolute Gasteiger partial charge is 0.258 e. The number of nitrogens with zero attached hydrogens (tertiary/aromatic N) is 2. The van der Waals surface area contributed by atoms with Gasteiger partial charge in [0.25, 0.3) is 5.91 Å². The normalized spacial score (nSPS) is 11.9. The number of benzene rings is 2. The first-order valence-corrected chi connectivity index (χ1v) is 8.29. The molecule has 28 heavy (non-hydrogen) atoms. The average molecular weight is 384 g/mol. The third kappa shape index (κ3) is 3.83. The van der Waals surface area contributed by atoms with Gasteiger partial charge < -0.3 is 20.1 Å². The summed E-state index contributed by atoms with van der Waals surface area (Å²) in [6.45, 7) is 0.656. The van der Waals surface area contributed by atoms with Crippen molar-refractivity contribution in [2.75, 3.05) is 17.4 Å². The van der Waals surface area contributed by atoms with Crippen LogP contribution in [0.15, 0.2) is 48.8 Å². The summed E-state index contributed by atoms with van der Waals surface area (Å²) in [4.78, 5) is 20.3. The van der Waals surface area contributed by atoms with Gasteiger partial charge in [-0.1, -0.05) is 6.07 Å². The molecular formula is C19H14F2N4O3. The highest BCUT2D eigenvalue weighted by atomic mass is 19.1. The highest BCUT2D eigenvalue weighted by Gasteiger charge is 2.14. The maximum Gasteiger partial charge on any atom is 0.258 e. The van der Waals surface area contributed by atoms with Crippen molar-refractivity contribution in [1.82, 2.24) is 9.97 Å². The number of hydrogen-bond acceptors (Lipinski definition) is 6. The van der Waals surface area contributed by atoms with E-state index in [2.05, 4.69) is 20.6 Å². The van der Waals surface area contributed by atoms with E-state index >= 15 is 0 Å². The van der Waals surface area contributed by atoms with Crippen LogP contribution in [0.4, 0.5) is 20.4 Å². The molecule has 2 N–H and O–H groups in total. The van der Waals surface area contributed by atoms with Gasteiger partial charge >= 0.3 is 0 Å².